The van der Waals surface area contributed by atoms with Crippen LogP contribution in [-0.4, -0.2) is 11.0 Å². The lowest BCUT2D eigenvalue weighted by Gasteiger charge is -2.11. The maximum Gasteiger partial charge on any atom is 0.142 e. The summed E-state index contributed by atoms with van der Waals surface area (Å²) in [5, 5.41) is 12.4. The lowest BCUT2D eigenvalue weighted by atomic mass is 10.0. The molecule has 4 atom stereocenters. The van der Waals surface area contributed by atoms with Crippen LogP contribution in [0.2, 0.25) is 0 Å². The predicted molar refractivity (Wildman–Crippen MR) is 64.2 cm³/mol. The van der Waals surface area contributed by atoms with Gasteiger partial charge in [0.25, 0.3) is 0 Å². The molecule has 2 bridgehead atoms. The topological polar surface area (TPSA) is 48.7 Å². The summed E-state index contributed by atoms with van der Waals surface area (Å²) < 4.78 is 0. The minimum absolute atomic E-state index is 0.504. The van der Waals surface area contributed by atoms with Gasteiger partial charge in [-0.2, -0.15) is 5.26 Å². The van der Waals surface area contributed by atoms with E-state index in [1.165, 1.54) is 19.3 Å². The molecular formula is C14H15N3. The molecule has 1 heterocycles. The normalized spacial score (nSPS) is 40.8. The molecule has 1 N–H and O–H groups in total. The van der Waals surface area contributed by atoms with Crippen molar-refractivity contribution in [1.82, 2.24) is 4.98 Å². The van der Waals surface area contributed by atoms with Crippen LogP contribution in [0.1, 0.15) is 25.0 Å². The largest absolute Gasteiger partial charge is 0.382 e. The smallest absolute Gasteiger partial charge is 0.142 e. The predicted octanol–water partition coefficient (Wildman–Crippen LogP) is 2.41. The third-order valence-electron chi connectivity index (χ3n) is 4.94. The Morgan fingerprint density at radius 1 is 1.29 bits per heavy atom. The zero-order valence-electron chi connectivity index (χ0n) is 9.63. The van der Waals surface area contributed by atoms with Crippen LogP contribution in [0.15, 0.2) is 18.3 Å². The van der Waals surface area contributed by atoms with Gasteiger partial charge < -0.3 is 5.32 Å². The number of rotatable bonds is 2. The number of aromatic nitrogens is 1. The summed E-state index contributed by atoms with van der Waals surface area (Å²) in [6.07, 6.45) is 6.09. The Labute approximate surface area is 101 Å². The van der Waals surface area contributed by atoms with Crippen molar-refractivity contribution in [2.75, 3.05) is 5.32 Å². The van der Waals surface area contributed by atoms with E-state index in [0.29, 0.717) is 11.7 Å². The summed E-state index contributed by atoms with van der Waals surface area (Å²) in [5.74, 6) is 3.82. The average Bonchev–Trinajstić information content (AvgIpc) is 2.76. The van der Waals surface area contributed by atoms with Crippen LogP contribution >= 0.6 is 0 Å². The molecule has 17 heavy (non-hydrogen) atoms. The summed E-state index contributed by atoms with van der Waals surface area (Å²) >= 11 is 0. The molecule has 4 unspecified atom stereocenters. The van der Waals surface area contributed by atoms with Crippen molar-refractivity contribution in [3.8, 4) is 6.07 Å². The first-order valence-electron chi connectivity index (χ1n) is 6.49. The Balaban J connectivity index is 1.51. The number of nitrogens with zero attached hydrogens (tertiary/aromatic N) is 2. The quantitative estimate of drug-likeness (QED) is 0.840. The standard InChI is InChI=1S/C14H15N3/c15-7-11-6-10(3-4-16-11)17-14-12-8-1-2-9(5-8)13(12)14/h3-4,6,8-9,12-14H,1-2,5H2,(H,16,17). The van der Waals surface area contributed by atoms with E-state index in [4.69, 9.17) is 5.26 Å². The summed E-state index contributed by atoms with van der Waals surface area (Å²) in [6, 6.07) is 6.59. The van der Waals surface area contributed by atoms with E-state index in [1.807, 2.05) is 12.1 Å². The van der Waals surface area contributed by atoms with Gasteiger partial charge in [-0.05, 0) is 55.1 Å². The molecule has 0 spiro atoms. The fourth-order valence-corrected chi connectivity index (χ4v) is 4.29. The third-order valence-corrected chi connectivity index (χ3v) is 4.94. The van der Waals surface area contributed by atoms with Gasteiger partial charge >= 0.3 is 0 Å². The average molecular weight is 225 g/mol. The van der Waals surface area contributed by atoms with Gasteiger partial charge in [-0.15, -0.1) is 0 Å². The van der Waals surface area contributed by atoms with Crippen LogP contribution in [-0.2, 0) is 0 Å². The molecule has 0 aromatic carbocycles. The van der Waals surface area contributed by atoms with Gasteiger partial charge in [-0.25, -0.2) is 4.98 Å². The lowest BCUT2D eigenvalue weighted by molar-refractivity contribution is 0.456. The van der Waals surface area contributed by atoms with Gasteiger partial charge in [-0.1, -0.05) is 0 Å². The number of hydrogen-bond donors (Lipinski definition) is 1. The van der Waals surface area contributed by atoms with E-state index < -0.39 is 0 Å². The monoisotopic (exact) mass is 225 g/mol. The Hall–Kier alpha value is -1.56. The van der Waals surface area contributed by atoms with Crippen LogP contribution in [0.5, 0.6) is 0 Å². The highest BCUT2D eigenvalue weighted by atomic mass is 15.0. The highest BCUT2D eigenvalue weighted by Gasteiger charge is 2.64. The molecule has 3 aliphatic carbocycles. The van der Waals surface area contributed by atoms with Crippen LogP contribution < -0.4 is 5.32 Å². The first kappa shape index (κ1) is 9.47. The summed E-state index contributed by atoms with van der Waals surface area (Å²) in [6.45, 7) is 0. The number of pyridine rings is 1. The number of nitrogens with one attached hydrogen (secondary N) is 1. The summed E-state index contributed by atoms with van der Waals surface area (Å²) in [4.78, 5) is 4.00. The zero-order valence-corrected chi connectivity index (χ0v) is 9.63. The van der Waals surface area contributed by atoms with E-state index in [2.05, 4.69) is 16.4 Å². The van der Waals surface area contributed by atoms with E-state index >= 15 is 0 Å². The van der Waals surface area contributed by atoms with E-state index in [9.17, 15) is 0 Å². The molecule has 3 aliphatic rings. The Bertz CT molecular complexity index is 488. The van der Waals surface area contributed by atoms with E-state index in [1.54, 1.807) is 6.20 Å². The van der Waals surface area contributed by atoms with Crippen molar-refractivity contribution in [2.24, 2.45) is 23.7 Å². The van der Waals surface area contributed by atoms with Gasteiger partial charge in [0, 0.05) is 17.9 Å². The molecule has 3 nitrogen and oxygen atoms in total. The van der Waals surface area contributed by atoms with Gasteiger partial charge in [0.15, 0.2) is 0 Å². The van der Waals surface area contributed by atoms with Gasteiger partial charge in [-0.3, -0.25) is 0 Å². The Morgan fingerprint density at radius 3 is 2.76 bits per heavy atom. The molecule has 4 rings (SSSR count). The van der Waals surface area contributed by atoms with E-state index in [-0.39, 0.29) is 0 Å². The molecule has 0 aliphatic heterocycles. The van der Waals surface area contributed by atoms with Crippen molar-refractivity contribution in [3.05, 3.63) is 24.0 Å². The van der Waals surface area contributed by atoms with Gasteiger partial charge in [0.2, 0.25) is 0 Å². The highest BCUT2D eigenvalue weighted by molar-refractivity contribution is 5.49. The fraction of sp³-hybridized carbons (Fsp3) is 0.571. The molecule has 0 saturated heterocycles. The Morgan fingerprint density at radius 2 is 2.06 bits per heavy atom. The summed E-state index contributed by atoms with van der Waals surface area (Å²) in [7, 11) is 0. The molecule has 0 amide bonds. The second kappa shape index (κ2) is 3.22. The van der Waals surface area contributed by atoms with Crippen molar-refractivity contribution >= 4 is 5.69 Å². The van der Waals surface area contributed by atoms with Crippen LogP contribution in [0.4, 0.5) is 5.69 Å². The first-order valence-corrected chi connectivity index (χ1v) is 6.49. The van der Waals surface area contributed by atoms with Crippen molar-refractivity contribution < 1.29 is 0 Å². The second-order valence-corrected chi connectivity index (χ2v) is 5.70. The molecule has 1 aromatic heterocycles. The lowest BCUT2D eigenvalue weighted by Crippen LogP contribution is -2.12. The Kier molecular flexibility index (Phi) is 1.80. The minimum atomic E-state index is 0.504. The second-order valence-electron chi connectivity index (χ2n) is 5.70. The van der Waals surface area contributed by atoms with Crippen molar-refractivity contribution in [3.63, 3.8) is 0 Å². The number of fused-ring (bicyclic) bond motifs is 5. The number of hydrogen-bond acceptors (Lipinski definition) is 3. The fourth-order valence-electron chi connectivity index (χ4n) is 4.29. The van der Waals surface area contributed by atoms with Gasteiger partial charge in [0.1, 0.15) is 11.8 Å². The molecule has 3 heteroatoms. The van der Waals surface area contributed by atoms with Crippen LogP contribution in [0.25, 0.3) is 0 Å². The van der Waals surface area contributed by atoms with Crippen LogP contribution in [0, 0.1) is 35.0 Å². The minimum Gasteiger partial charge on any atom is -0.382 e. The van der Waals surface area contributed by atoms with E-state index in [0.717, 1.165) is 29.4 Å². The van der Waals surface area contributed by atoms with Gasteiger partial charge in [0.05, 0.1) is 0 Å². The number of anilines is 1. The van der Waals surface area contributed by atoms with Crippen molar-refractivity contribution in [2.45, 2.75) is 25.3 Å². The highest BCUT2D eigenvalue weighted by Crippen LogP contribution is 2.66. The maximum atomic E-state index is 8.83. The van der Waals surface area contributed by atoms with Crippen LogP contribution in [0.3, 0.4) is 0 Å². The molecule has 3 saturated carbocycles. The summed E-state index contributed by atoms with van der Waals surface area (Å²) in [5.41, 5.74) is 1.57. The molecule has 86 valence electrons. The first-order chi connectivity index (χ1) is 8.36. The number of nitriles is 1. The zero-order chi connectivity index (χ0) is 11.4. The SMILES string of the molecule is N#Cc1cc(NC2C3C4CCC(C4)C23)ccn1. The molecule has 0 radical (unpaired) electrons. The molecular weight excluding hydrogens is 210 g/mol. The third kappa shape index (κ3) is 1.30. The molecule has 3 fully saturated rings. The maximum absolute atomic E-state index is 8.83. The molecule has 1 aromatic rings. The van der Waals surface area contributed by atoms with Crippen molar-refractivity contribution in [1.29, 1.82) is 5.26 Å².